The summed E-state index contributed by atoms with van der Waals surface area (Å²) in [6.45, 7) is 0.978. The molecular weight excluding hydrogens is 272 g/mol. The summed E-state index contributed by atoms with van der Waals surface area (Å²) in [5.74, 6) is -1.43. The van der Waals surface area contributed by atoms with Crippen molar-refractivity contribution in [2.24, 2.45) is 5.92 Å². The first-order valence-electron chi connectivity index (χ1n) is 6.25. The van der Waals surface area contributed by atoms with Gasteiger partial charge in [0, 0.05) is 26.1 Å². The summed E-state index contributed by atoms with van der Waals surface area (Å²) in [5, 5.41) is 11.1. The van der Waals surface area contributed by atoms with Gasteiger partial charge in [0.05, 0.1) is 12.2 Å². The molecule has 0 spiro atoms. The quantitative estimate of drug-likeness (QED) is 0.651. The Labute approximate surface area is 113 Å². The number of carboxylic acid groups (broad SMARTS) is 1. The number of aliphatic carboxylic acids is 1. The van der Waals surface area contributed by atoms with Gasteiger partial charge < -0.3 is 10.4 Å². The van der Waals surface area contributed by atoms with Gasteiger partial charge in [-0.1, -0.05) is 0 Å². The Morgan fingerprint density at radius 2 is 2.11 bits per heavy atom. The first-order chi connectivity index (χ1) is 8.80. The number of nitrogens with one attached hydrogen (secondary N) is 1. The molecule has 0 aromatic carbocycles. The van der Waals surface area contributed by atoms with Crippen molar-refractivity contribution in [2.75, 3.05) is 25.9 Å². The number of rotatable bonds is 6. The lowest BCUT2D eigenvalue weighted by molar-refractivity contribution is -0.137. The number of sulfonamides is 1. The van der Waals surface area contributed by atoms with Crippen LogP contribution >= 0.6 is 0 Å². The lowest BCUT2D eigenvalue weighted by Crippen LogP contribution is -2.45. The van der Waals surface area contributed by atoms with Crippen LogP contribution in [0.2, 0.25) is 0 Å². The number of amides is 1. The number of hydrogen-bond donors (Lipinski definition) is 2. The van der Waals surface area contributed by atoms with Crippen LogP contribution in [0.1, 0.15) is 25.7 Å². The standard InChI is InChI=1S/C11H20N2O5S/c1-19(17,18)13-7-3-4-9(8-13)11(16)12-6-2-5-10(14)15/h9H,2-8H2,1H3,(H,12,16)(H,14,15)/t9-/m0/s1. The van der Waals surface area contributed by atoms with Gasteiger partial charge in [-0.3, -0.25) is 9.59 Å². The zero-order valence-corrected chi connectivity index (χ0v) is 11.8. The van der Waals surface area contributed by atoms with Crippen LogP contribution in [0.5, 0.6) is 0 Å². The third-order valence-electron chi connectivity index (χ3n) is 3.09. The molecule has 8 heteroatoms. The van der Waals surface area contributed by atoms with Crippen LogP contribution in [0.25, 0.3) is 0 Å². The molecule has 1 fully saturated rings. The van der Waals surface area contributed by atoms with Crippen molar-refractivity contribution < 1.29 is 23.1 Å². The van der Waals surface area contributed by atoms with Gasteiger partial charge in [0.2, 0.25) is 15.9 Å². The molecular formula is C11H20N2O5S. The van der Waals surface area contributed by atoms with E-state index < -0.39 is 16.0 Å². The van der Waals surface area contributed by atoms with Crippen molar-refractivity contribution in [1.82, 2.24) is 9.62 Å². The highest BCUT2D eigenvalue weighted by Crippen LogP contribution is 2.18. The third-order valence-corrected chi connectivity index (χ3v) is 4.36. The first kappa shape index (κ1) is 15.9. The summed E-state index contributed by atoms with van der Waals surface area (Å²) in [4.78, 5) is 22.1. The minimum absolute atomic E-state index is 0.0143. The maximum absolute atomic E-state index is 11.8. The van der Waals surface area contributed by atoms with E-state index in [1.54, 1.807) is 0 Å². The molecule has 0 saturated carbocycles. The minimum Gasteiger partial charge on any atom is -0.481 e. The maximum atomic E-state index is 11.8. The van der Waals surface area contributed by atoms with Gasteiger partial charge in [-0.25, -0.2) is 12.7 Å². The molecule has 0 radical (unpaired) electrons. The molecule has 1 aliphatic rings. The Balaban J connectivity index is 2.38. The summed E-state index contributed by atoms with van der Waals surface area (Å²) in [6, 6.07) is 0. The van der Waals surface area contributed by atoms with Crippen molar-refractivity contribution in [3.8, 4) is 0 Å². The highest BCUT2D eigenvalue weighted by molar-refractivity contribution is 7.88. The Bertz CT molecular complexity index is 434. The number of hydrogen-bond acceptors (Lipinski definition) is 4. The summed E-state index contributed by atoms with van der Waals surface area (Å²) >= 11 is 0. The Morgan fingerprint density at radius 1 is 1.42 bits per heavy atom. The first-order valence-corrected chi connectivity index (χ1v) is 8.10. The fraction of sp³-hybridized carbons (Fsp3) is 0.818. The predicted molar refractivity (Wildman–Crippen MR) is 69.0 cm³/mol. The van der Waals surface area contributed by atoms with E-state index in [4.69, 9.17) is 5.11 Å². The second kappa shape index (κ2) is 6.85. The van der Waals surface area contributed by atoms with E-state index in [2.05, 4.69) is 5.32 Å². The molecule has 1 rings (SSSR count). The largest absolute Gasteiger partial charge is 0.481 e. The van der Waals surface area contributed by atoms with Crippen LogP contribution in [-0.4, -0.2) is 55.6 Å². The molecule has 2 N–H and O–H groups in total. The molecule has 7 nitrogen and oxygen atoms in total. The molecule has 0 aromatic heterocycles. The summed E-state index contributed by atoms with van der Waals surface area (Å²) in [7, 11) is -3.25. The van der Waals surface area contributed by atoms with E-state index in [1.807, 2.05) is 0 Å². The van der Waals surface area contributed by atoms with E-state index in [0.717, 1.165) is 6.26 Å². The molecule has 0 bridgehead atoms. The van der Waals surface area contributed by atoms with Crippen molar-refractivity contribution in [3.05, 3.63) is 0 Å². The lowest BCUT2D eigenvalue weighted by Gasteiger charge is -2.30. The summed E-state index contributed by atoms with van der Waals surface area (Å²) in [5.41, 5.74) is 0. The van der Waals surface area contributed by atoms with Gasteiger partial charge in [0.1, 0.15) is 0 Å². The van der Waals surface area contributed by atoms with Crippen molar-refractivity contribution in [2.45, 2.75) is 25.7 Å². The van der Waals surface area contributed by atoms with Crippen molar-refractivity contribution >= 4 is 21.9 Å². The van der Waals surface area contributed by atoms with Gasteiger partial charge in [0.25, 0.3) is 0 Å². The SMILES string of the molecule is CS(=O)(=O)N1CCC[C@H](C(=O)NCCCC(=O)O)C1. The van der Waals surface area contributed by atoms with E-state index >= 15 is 0 Å². The molecule has 1 amide bonds. The van der Waals surface area contributed by atoms with Crippen molar-refractivity contribution in [3.63, 3.8) is 0 Å². The fourth-order valence-electron chi connectivity index (χ4n) is 2.05. The molecule has 0 unspecified atom stereocenters. The number of nitrogens with zero attached hydrogens (tertiary/aromatic N) is 1. The molecule has 1 heterocycles. The number of carbonyl (C=O) groups is 2. The van der Waals surface area contributed by atoms with Gasteiger partial charge in [-0.2, -0.15) is 0 Å². The van der Waals surface area contributed by atoms with E-state index in [9.17, 15) is 18.0 Å². The van der Waals surface area contributed by atoms with E-state index in [0.29, 0.717) is 32.4 Å². The molecule has 110 valence electrons. The van der Waals surface area contributed by atoms with Crippen LogP contribution in [0, 0.1) is 5.92 Å². The van der Waals surface area contributed by atoms with Crippen LogP contribution in [0.15, 0.2) is 0 Å². The Kier molecular flexibility index (Phi) is 5.74. The second-order valence-electron chi connectivity index (χ2n) is 4.75. The average Bonchev–Trinajstić information content (AvgIpc) is 2.33. The van der Waals surface area contributed by atoms with Crippen LogP contribution in [-0.2, 0) is 19.6 Å². The normalized spacial score (nSPS) is 21.0. The number of carboxylic acids is 1. The number of carbonyl (C=O) groups excluding carboxylic acids is 1. The van der Waals surface area contributed by atoms with E-state index in [-0.39, 0.29) is 24.8 Å². The molecule has 1 atom stereocenters. The van der Waals surface area contributed by atoms with Crippen LogP contribution in [0.4, 0.5) is 0 Å². The molecule has 1 aliphatic heterocycles. The summed E-state index contributed by atoms with van der Waals surface area (Å²) in [6.07, 6.45) is 2.86. The zero-order chi connectivity index (χ0) is 14.5. The monoisotopic (exact) mass is 292 g/mol. The molecule has 0 aliphatic carbocycles. The van der Waals surface area contributed by atoms with Gasteiger partial charge in [-0.05, 0) is 19.3 Å². The van der Waals surface area contributed by atoms with Gasteiger partial charge in [-0.15, -0.1) is 0 Å². The highest BCUT2D eigenvalue weighted by atomic mass is 32.2. The average molecular weight is 292 g/mol. The summed E-state index contributed by atoms with van der Waals surface area (Å²) < 4.78 is 24.2. The molecule has 0 aromatic rings. The molecule has 1 saturated heterocycles. The molecule has 19 heavy (non-hydrogen) atoms. The van der Waals surface area contributed by atoms with Gasteiger partial charge >= 0.3 is 5.97 Å². The van der Waals surface area contributed by atoms with Crippen molar-refractivity contribution in [1.29, 1.82) is 0 Å². The zero-order valence-electron chi connectivity index (χ0n) is 11.0. The third kappa shape index (κ3) is 5.56. The lowest BCUT2D eigenvalue weighted by atomic mass is 9.99. The van der Waals surface area contributed by atoms with Crippen LogP contribution in [0.3, 0.4) is 0 Å². The topological polar surface area (TPSA) is 104 Å². The minimum atomic E-state index is -3.25. The highest BCUT2D eigenvalue weighted by Gasteiger charge is 2.29. The smallest absolute Gasteiger partial charge is 0.303 e. The fourth-order valence-corrected chi connectivity index (χ4v) is 2.96. The van der Waals surface area contributed by atoms with Gasteiger partial charge in [0.15, 0.2) is 0 Å². The van der Waals surface area contributed by atoms with Crippen LogP contribution < -0.4 is 5.32 Å². The van der Waals surface area contributed by atoms with E-state index in [1.165, 1.54) is 4.31 Å². The maximum Gasteiger partial charge on any atom is 0.303 e. The Hall–Kier alpha value is -1.15. The second-order valence-corrected chi connectivity index (χ2v) is 6.73. The Morgan fingerprint density at radius 3 is 2.68 bits per heavy atom. The number of piperidine rings is 1. The predicted octanol–water partition coefficient (Wildman–Crippen LogP) is -0.361.